The Morgan fingerprint density at radius 1 is 1.03 bits per heavy atom. The third-order valence-electron chi connectivity index (χ3n) is 4.76. The van der Waals surface area contributed by atoms with Crippen molar-refractivity contribution in [3.63, 3.8) is 0 Å². The Balaban J connectivity index is 1.65. The molecule has 2 aromatic carbocycles. The van der Waals surface area contributed by atoms with Gasteiger partial charge in [-0.1, -0.05) is 24.3 Å². The molecule has 3 amide bonds. The lowest BCUT2D eigenvalue weighted by Crippen LogP contribution is -2.41. The lowest BCUT2D eigenvalue weighted by atomic mass is 9.92. The molecule has 2 aromatic rings. The van der Waals surface area contributed by atoms with Crippen LogP contribution in [0.3, 0.4) is 0 Å². The summed E-state index contributed by atoms with van der Waals surface area (Å²) in [4.78, 5) is 38.3. The molecule has 1 saturated heterocycles. The predicted octanol–water partition coefficient (Wildman–Crippen LogP) is 2.21. The Labute approximate surface area is 168 Å². The van der Waals surface area contributed by atoms with E-state index in [-0.39, 0.29) is 6.61 Å². The molecule has 1 N–H and O–H groups in total. The number of rotatable bonds is 7. The van der Waals surface area contributed by atoms with E-state index < -0.39 is 30.0 Å². The first kappa shape index (κ1) is 20.2. The minimum Gasteiger partial charge on any atom is -0.497 e. The number of nitrogens with zero attached hydrogens (tertiary/aromatic N) is 1. The van der Waals surface area contributed by atoms with Crippen molar-refractivity contribution in [2.45, 2.75) is 19.1 Å². The van der Waals surface area contributed by atoms with Gasteiger partial charge in [-0.3, -0.25) is 14.5 Å². The van der Waals surface area contributed by atoms with Gasteiger partial charge in [0.1, 0.15) is 30.2 Å². The maximum Gasteiger partial charge on any atom is 0.326 e. The summed E-state index contributed by atoms with van der Waals surface area (Å²) >= 11 is 0. The summed E-state index contributed by atoms with van der Waals surface area (Å²) < 4.78 is 15.4. The summed E-state index contributed by atoms with van der Waals surface area (Å²) in [6.45, 7) is 1.13. The van der Waals surface area contributed by atoms with E-state index in [1.54, 1.807) is 62.6 Å². The normalized spacial score (nSPS) is 18.4. The average Bonchev–Trinajstić information content (AvgIpc) is 2.96. The molecule has 1 heterocycles. The van der Waals surface area contributed by atoms with E-state index in [4.69, 9.17) is 14.2 Å². The van der Waals surface area contributed by atoms with Crippen LogP contribution in [0.15, 0.2) is 48.5 Å². The minimum atomic E-state index is -1.27. The maximum atomic E-state index is 12.9. The van der Waals surface area contributed by atoms with Gasteiger partial charge in [0.2, 0.25) is 0 Å². The van der Waals surface area contributed by atoms with Gasteiger partial charge in [0.15, 0.2) is 0 Å². The van der Waals surface area contributed by atoms with Crippen molar-refractivity contribution < 1.29 is 28.6 Å². The first-order valence-electron chi connectivity index (χ1n) is 8.94. The molecule has 1 aliphatic rings. The number of methoxy groups -OCH3 is 2. The third-order valence-corrected chi connectivity index (χ3v) is 4.76. The summed E-state index contributed by atoms with van der Waals surface area (Å²) in [6.07, 6.45) is 0. The number of nitrogens with one attached hydrogen (secondary N) is 1. The zero-order chi connectivity index (χ0) is 21.0. The first-order chi connectivity index (χ1) is 13.9. The lowest BCUT2D eigenvalue weighted by Gasteiger charge is -2.22. The number of imide groups is 1. The number of carbonyl (C=O) groups is 3. The highest BCUT2D eigenvalue weighted by Gasteiger charge is 2.49. The van der Waals surface area contributed by atoms with Crippen LogP contribution in [0.25, 0.3) is 0 Å². The Bertz CT molecular complexity index is 927. The van der Waals surface area contributed by atoms with Gasteiger partial charge in [0.05, 0.1) is 14.2 Å². The lowest BCUT2D eigenvalue weighted by molar-refractivity contribution is -0.148. The molecule has 152 valence electrons. The van der Waals surface area contributed by atoms with Crippen molar-refractivity contribution in [1.82, 2.24) is 10.2 Å². The molecule has 0 spiro atoms. The summed E-state index contributed by atoms with van der Waals surface area (Å²) in [7, 11) is 3.08. The fourth-order valence-corrected chi connectivity index (χ4v) is 3.06. The van der Waals surface area contributed by atoms with Gasteiger partial charge in [0.25, 0.3) is 5.91 Å². The monoisotopic (exact) mass is 398 g/mol. The number of esters is 1. The van der Waals surface area contributed by atoms with Crippen LogP contribution >= 0.6 is 0 Å². The van der Waals surface area contributed by atoms with Crippen molar-refractivity contribution in [3.05, 3.63) is 59.7 Å². The van der Waals surface area contributed by atoms with Crippen molar-refractivity contribution >= 4 is 17.9 Å². The van der Waals surface area contributed by atoms with Crippen LogP contribution in [0.4, 0.5) is 4.79 Å². The number of hydrogen-bond donors (Lipinski definition) is 1. The summed E-state index contributed by atoms with van der Waals surface area (Å²) in [5, 5.41) is 2.65. The molecule has 1 atom stereocenters. The zero-order valence-corrected chi connectivity index (χ0v) is 16.4. The van der Waals surface area contributed by atoms with Crippen LogP contribution in [0.2, 0.25) is 0 Å². The molecular weight excluding hydrogens is 376 g/mol. The minimum absolute atomic E-state index is 0.00936. The van der Waals surface area contributed by atoms with E-state index >= 15 is 0 Å². The molecule has 8 heteroatoms. The standard InChI is InChI=1S/C21H22N2O6/c1-21(15-7-9-16(27-2)10-8-15)19(25)23(20(26)22-21)12-18(24)29-13-14-5-4-6-17(11-14)28-3/h4-11H,12-13H2,1-3H3,(H,22,26). The van der Waals surface area contributed by atoms with Crippen molar-refractivity contribution in [1.29, 1.82) is 0 Å². The van der Waals surface area contributed by atoms with Crippen LogP contribution in [0.5, 0.6) is 11.5 Å². The molecular formula is C21H22N2O6. The van der Waals surface area contributed by atoms with Crippen molar-refractivity contribution in [2.75, 3.05) is 20.8 Å². The van der Waals surface area contributed by atoms with Gasteiger partial charge in [-0.15, -0.1) is 0 Å². The van der Waals surface area contributed by atoms with Crippen LogP contribution in [-0.4, -0.2) is 43.6 Å². The molecule has 3 rings (SSSR count). The summed E-state index contributed by atoms with van der Waals surface area (Å²) in [6, 6.07) is 13.2. The molecule has 1 fully saturated rings. The molecule has 8 nitrogen and oxygen atoms in total. The Morgan fingerprint density at radius 3 is 2.38 bits per heavy atom. The van der Waals surface area contributed by atoms with Crippen LogP contribution in [-0.2, 0) is 26.5 Å². The van der Waals surface area contributed by atoms with Crippen molar-refractivity contribution in [2.24, 2.45) is 0 Å². The molecule has 29 heavy (non-hydrogen) atoms. The van der Waals surface area contributed by atoms with Gasteiger partial charge in [-0.05, 0) is 42.3 Å². The maximum absolute atomic E-state index is 12.9. The van der Waals surface area contributed by atoms with Gasteiger partial charge in [-0.25, -0.2) is 4.79 Å². The molecule has 0 bridgehead atoms. The first-order valence-corrected chi connectivity index (χ1v) is 8.94. The molecule has 1 unspecified atom stereocenters. The Morgan fingerprint density at radius 2 is 1.72 bits per heavy atom. The molecule has 1 aliphatic heterocycles. The van der Waals surface area contributed by atoms with Gasteiger partial charge in [-0.2, -0.15) is 0 Å². The fraction of sp³-hybridized carbons (Fsp3) is 0.286. The summed E-state index contributed by atoms with van der Waals surface area (Å²) in [5.74, 6) is 0.0660. The molecule has 0 saturated carbocycles. The number of hydrogen-bond acceptors (Lipinski definition) is 6. The second-order valence-electron chi connectivity index (χ2n) is 6.69. The van der Waals surface area contributed by atoms with Gasteiger partial charge < -0.3 is 19.5 Å². The van der Waals surface area contributed by atoms with Gasteiger partial charge >= 0.3 is 12.0 Å². The quantitative estimate of drug-likeness (QED) is 0.568. The molecule has 0 aromatic heterocycles. The molecule has 0 radical (unpaired) electrons. The van der Waals surface area contributed by atoms with Crippen LogP contribution in [0.1, 0.15) is 18.1 Å². The van der Waals surface area contributed by atoms with E-state index in [0.29, 0.717) is 17.1 Å². The fourth-order valence-electron chi connectivity index (χ4n) is 3.06. The Hall–Kier alpha value is -3.55. The van der Waals surface area contributed by atoms with E-state index in [1.807, 2.05) is 0 Å². The smallest absolute Gasteiger partial charge is 0.326 e. The number of benzene rings is 2. The number of amides is 3. The Kier molecular flexibility index (Phi) is 5.72. The van der Waals surface area contributed by atoms with E-state index in [9.17, 15) is 14.4 Å². The third kappa shape index (κ3) is 4.16. The van der Waals surface area contributed by atoms with E-state index in [1.165, 1.54) is 7.11 Å². The topological polar surface area (TPSA) is 94.2 Å². The number of carbonyl (C=O) groups excluding carboxylic acids is 3. The average molecular weight is 398 g/mol. The number of urea groups is 1. The highest BCUT2D eigenvalue weighted by atomic mass is 16.5. The highest BCUT2D eigenvalue weighted by molar-refractivity contribution is 6.08. The summed E-state index contributed by atoms with van der Waals surface area (Å²) in [5.41, 5.74) is 0.0537. The van der Waals surface area contributed by atoms with E-state index in [0.717, 1.165) is 10.5 Å². The largest absolute Gasteiger partial charge is 0.497 e. The molecule has 0 aliphatic carbocycles. The second-order valence-corrected chi connectivity index (χ2v) is 6.69. The van der Waals surface area contributed by atoms with E-state index in [2.05, 4.69) is 5.32 Å². The second kappa shape index (κ2) is 8.22. The number of ether oxygens (including phenoxy) is 3. The van der Waals surface area contributed by atoms with Crippen LogP contribution in [0, 0.1) is 0 Å². The van der Waals surface area contributed by atoms with Crippen molar-refractivity contribution in [3.8, 4) is 11.5 Å². The van der Waals surface area contributed by atoms with Crippen LogP contribution < -0.4 is 14.8 Å². The predicted molar refractivity (Wildman–Crippen MR) is 103 cm³/mol. The van der Waals surface area contributed by atoms with Gasteiger partial charge in [0, 0.05) is 0 Å². The zero-order valence-electron chi connectivity index (χ0n) is 16.4. The highest BCUT2D eigenvalue weighted by Crippen LogP contribution is 2.30. The SMILES string of the molecule is COc1ccc(C2(C)NC(=O)N(CC(=O)OCc3cccc(OC)c3)C2=O)cc1.